The fraction of sp³-hybridized carbons (Fsp3) is 0.500. The van der Waals surface area contributed by atoms with Gasteiger partial charge < -0.3 is 14.8 Å². The van der Waals surface area contributed by atoms with Crippen LogP contribution in [0.5, 0.6) is 5.75 Å². The number of esters is 1. The van der Waals surface area contributed by atoms with Gasteiger partial charge in [0, 0.05) is 23.6 Å². The summed E-state index contributed by atoms with van der Waals surface area (Å²) in [5.41, 5.74) is 2.18. The van der Waals surface area contributed by atoms with Crippen molar-refractivity contribution in [2.24, 2.45) is 0 Å². The average Bonchev–Trinajstić information content (AvgIpc) is 2.45. The lowest BCUT2D eigenvalue weighted by atomic mass is 9.78. The molecule has 1 N–H and O–H groups in total. The zero-order chi connectivity index (χ0) is 15.9. The first-order valence-corrected chi connectivity index (χ1v) is 7.91. The third-order valence-corrected chi connectivity index (χ3v) is 4.53. The normalized spacial score (nSPS) is 27.4. The van der Waals surface area contributed by atoms with Crippen LogP contribution in [0.3, 0.4) is 0 Å². The molecule has 0 amide bonds. The molecular formula is C18H23NO3. The van der Waals surface area contributed by atoms with E-state index in [-0.39, 0.29) is 18.0 Å². The van der Waals surface area contributed by atoms with Crippen LogP contribution in [-0.2, 0) is 9.53 Å². The zero-order valence-corrected chi connectivity index (χ0v) is 13.6. The molecule has 22 heavy (non-hydrogen) atoms. The van der Waals surface area contributed by atoms with Crippen LogP contribution in [-0.4, -0.2) is 17.8 Å². The van der Waals surface area contributed by atoms with Gasteiger partial charge in [-0.15, -0.1) is 0 Å². The van der Waals surface area contributed by atoms with E-state index in [0.717, 1.165) is 35.4 Å². The largest absolute Gasteiger partial charge is 0.468 e. The third-order valence-electron chi connectivity index (χ3n) is 4.53. The van der Waals surface area contributed by atoms with Crippen LogP contribution in [0.2, 0.25) is 0 Å². The van der Waals surface area contributed by atoms with E-state index in [4.69, 9.17) is 9.47 Å². The fourth-order valence-electron chi connectivity index (χ4n) is 3.33. The molecule has 2 heterocycles. The predicted molar refractivity (Wildman–Crippen MR) is 84.5 cm³/mol. The first-order chi connectivity index (χ1) is 10.4. The number of hydrogen-bond acceptors (Lipinski definition) is 4. The second-order valence-corrected chi connectivity index (χ2v) is 6.42. The zero-order valence-electron chi connectivity index (χ0n) is 13.6. The molecule has 3 atom stereocenters. The Morgan fingerprint density at radius 3 is 2.95 bits per heavy atom. The van der Waals surface area contributed by atoms with E-state index in [0.29, 0.717) is 0 Å². The molecule has 0 unspecified atom stereocenters. The monoisotopic (exact) mass is 301 g/mol. The number of para-hydroxylation sites is 1. The lowest BCUT2D eigenvalue weighted by Crippen LogP contribution is -2.54. The van der Waals surface area contributed by atoms with Crippen LogP contribution >= 0.6 is 0 Å². The maximum absolute atomic E-state index is 12.6. The van der Waals surface area contributed by atoms with Crippen molar-refractivity contribution >= 4 is 5.97 Å². The number of benzene rings is 1. The second-order valence-electron chi connectivity index (χ2n) is 6.42. The van der Waals surface area contributed by atoms with E-state index in [2.05, 4.69) is 5.32 Å². The maximum Gasteiger partial charge on any atom is 0.336 e. The molecule has 2 aliphatic heterocycles. The summed E-state index contributed by atoms with van der Waals surface area (Å²) in [6.07, 6.45) is 1.47. The molecule has 4 heteroatoms. The van der Waals surface area contributed by atoms with Gasteiger partial charge in [-0.3, -0.25) is 0 Å². The van der Waals surface area contributed by atoms with Crippen LogP contribution in [0.4, 0.5) is 0 Å². The minimum Gasteiger partial charge on any atom is -0.468 e. The van der Waals surface area contributed by atoms with E-state index in [1.165, 1.54) is 0 Å². The number of allylic oxidation sites excluding steroid dienone is 1. The minimum absolute atomic E-state index is 0.0211. The Morgan fingerprint density at radius 1 is 1.50 bits per heavy atom. The Bertz CT molecular complexity index is 637. The van der Waals surface area contributed by atoms with Gasteiger partial charge in [-0.05, 0) is 33.3 Å². The van der Waals surface area contributed by atoms with Gasteiger partial charge in [0.2, 0.25) is 0 Å². The summed E-state index contributed by atoms with van der Waals surface area (Å²) in [5, 5.41) is 3.34. The summed E-state index contributed by atoms with van der Waals surface area (Å²) >= 11 is 0. The Kier molecular flexibility index (Phi) is 3.63. The topological polar surface area (TPSA) is 47.6 Å². The lowest BCUT2D eigenvalue weighted by molar-refractivity contribution is -0.144. The van der Waals surface area contributed by atoms with Gasteiger partial charge in [-0.1, -0.05) is 25.1 Å². The maximum atomic E-state index is 12.6. The molecule has 3 rings (SSSR count). The molecule has 0 radical (unpaired) electrons. The highest BCUT2D eigenvalue weighted by atomic mass is 16.5. The van der Waals surface area contributed by atoms with Crippen LogP contribution in [0.25, 0.3) is 0 Å². The average molecular weight is 301 g/mol. The number of fused-ring (bicyclic) bond motifs is 4. The van der Waals surface area contributed by atoms with E-state index in [1.54, 1.807) is 0 Å². The van der Waals surface area contributed by atoms with Crippen molar-refractivity contribution in [1.29, 1.82) is 0 Å². The minimum atomic E-state index is -0.469. The van der Waals surface area contributed by atoms with Gasteiger partial charge in [0.05, 0.1) is 11.7 Å². The van der Waals surface area contributed by atoms with Crippen molar-refractivity contribution in [2.75, 3.05) is 0 Å². The molecule has 0 fully saturated rings. The molecule has 0 aliphatic carbocycles. The number of nitrogens with one attached hydrogen (secondary N) is 1. The standard InChI is InChI=1S/C18H23NO3/c1-5-11(2)21-17(20)16-12(3)19-18(4)10-14(16)13-8-6-7-9-15(13)22-18/h6-9,11,14,19H,5,10H2,1-4H3/t11-,14+,18+/m1/s1. The van der Waals surface area contributed by atoms with Crippen molar-refractivity contribution in [3.05, 3.63) is 41.1 Å². The molecule has 1 aromatic rings. The van der Waals surface area contributed by atoms with Crippen LogP contribution in [0.1, 0.15) is 52.0 Å². The van der Waals surface area contributed by atoms with E-state index in [9.17, 15) is 4.79 Å². The summed E-state index contributed by atoms with van der Waals surface area (Å²) in [5.74, 6) is 0.644. The fourth-order valence-corrected chi connectivity index (χ4v) is 3.33. The Labute approximate surface area is 131 Å². The first kappa shape index (κ1) is 14.9. The van der Waals surface area contributed by atoms with Gasteiger partial charge in [0.15, 0.2) is 5.72 Å². The van der Waals surface area contributed by atoms with E-state index >= 15 is 0 Å². The molecule has 1 aromatic carbocycles. The van der Waals surface area contributed by atoms with Gasteiger partial charge in [-0.25, -0.2) is 4.79 Å². The third kappa shape index (κ3) is 2.47. The Hall–Kier alpha value is -1.97. The van der Waals surface area contributed by atoms with Crippen LogP contribution in [0, 0.1) is 0 Å². The number of rotatable bonds is 3. The SMILES string of the molecule is CC[C@@H](C)OC(=O)C1=C(C)N[C@]2(C)C[C@H]1c1ccccc1O2. The predicted octanol–water partition coefficient (Wildman–Crippen LogP) is 3.49. The van der Waals surface area contributed by atoms with Gasteiger partial charge >= 0.3 is 5.97 Å². The summed E-state index contributed by atoms with van der Waals surface area (Å²) < 4.78 is 11.7. The van der Waals surface area contributed by atoms with E-state index in [1.807, 2.05) is 52.0 Å². The molecule has 118 valence electrons. The van der Waals surface area contributed by atoms with Crippen molar-refractivity contribution in [2.45, 2.75) is 58.3 Å². The summed E-state index contributed by atoms with van der Waals surface area (Å²) in [4.78, 5) is 12.6. The lowest BCUT2D eigenvalue weighted by Gasteiger charge is -2.45. The highest BCUT2D eigenvalue weighted by Crippen LogP contribution is 2.47. The summed E-state index contributed by atoms with van der Waals surface area (Å²) in [6, 6.07) is 7.94. The Morgan fingerprint density at radius 2 is 2.23 bits per heavy atom. The second kappa shape index (κ2) is 5.34. The molecule has 0 aromatic heterocycles. The van der Waals surface area contributed by atoms with E-state index < -0.39 is 5.72 Å². The van der Waals surface area contributed by atoms with Gasteiger partial charge in [0.1, 0.15) is 5.75 Å². The number of carbonyl (C=O) groups is 1. The van der Waals surface area contributed by atoms with Crippen LogP contribution in [0.15, 0.2) is 35.5 Å². The number of ether oxygens (including phenoxy) is 2. The molecular weight excluding hydrogens is 278 g/mol. The summed E-state index contributed by atoms with van der Waals surface area (Å²) in [7, 11) is 0. The highest BCUT2D eigenvalue weighted by molar-refractivity contribution is 5.92. The summed E-state index contributed by atoms with van der Waals surface area (Å²) in [6.45, 7) is 7.89. The molecule has 0 spiro atoms. The van der Waals surface area contributed by atoms with Crippen molar-refractivity contribution in [3.63, 3.8) is 0 Å². The van der Waals surface area contributed by atoms with Crippen LogP contribution < -0.4 is 10.1 Å². The number of hydrogen-bond donors (Lipinski definition) is 1. The molecule has 0 saturated carbocycles. The molecule has 2 bridgehead atoms. The first-order valence-electron chi connectivity index (χ1n) is 7.91. The van der Waals surface area contributed by atoms with Gasteiger partial charge in [-0.2, -0.15) is 0 Å². The molecule has 0 saturated heterocycles. The Balaban J connectivity index is 2.01. The van der Waals surface area contributed by atoms with Gasteiger partial charge in [0.25, 0.3) is 0 Å². The van der Waals surface area contributed by atoms with Crippen molar-refractivity contribution < 1.29 is 14.3 Å². The smallest absolute Gasteiger partial charge is 0.336 e. The number of carbonyl (C=O) groups excluding carboxylic acids is 1. The van der Waals surface area contributed by atoms with Crippen molar-refractivity contribution in [1.82, 2.24) is 5.32 Å². The van der Waals surface area contributed by atoms with Crippen molar-refractivity contribution in [3.8, 4) is 5.75 Å². The highest BCUT2D eigenvalue weighted by Gasteiger charge is 2.45. The molecule has 4 nitrogen and oxygen atoms in total. The quantitative estimate of drug-likeness (QED) is 0.868. The molecule has 2 aliphatic rings.